The molecular formula is C9H12ClN3O3. The number of anilines is 1. The molecule has 16 heavy (non-hydrogen) atoms. The van der Waals surface area contributed by atoms with Crippen LogP contribution in [0.3, 0.4) is 0 Å². The van der Waals surface area contributed by atoms with Crippen LogP contribution in [0.25, 0.3) is 0 Å². The lowest BCUT2D eigenvalue weighted by molar-refractivity contribution is 0.183. The second-order valence-electron chi connectivity index (χ2n) is 3.19. The minimum Gasteiger partial charge on any atom is -0.506 e. The van der Waals surface area contributed by atoms with Crippen molar-refractivity contribution < 1.29 is 15.0 Å². The van der Waals surface area contributed by atoms with Crippen molar-refractivity contribution in [2.75, 3.05) is 5.32 Å². The van der Waals surface area contributed by atoms with Crippen molar-refractivity contribution in [2.45, 2.75) is 12.6 Å². The van der Waals surface area contributed by atoms with Crippen LogP contribution in [0.4, 0.5) is 10.5 Å². The molecule has 0 fully saturated rings. The Hall–Kier alpha value is -1.50. The number of aromatic hydroxyl groups is 1. The van der Waals surface area contributed by atoms with Crippen LogP contribution in [-0.2, 0) is 6.42 Å². The molecule has 0 saturated carbocycles. The predicted molar refractivity (Wildman–Crippen MR) is 60.2 cm³/mol. The zero-order chi connectivity index (χ0) is 12.3. The van der Waals surface area contributed by atoms with Crippen LogP contribution in [0.15, 0.2) is 12.1 Å². The summed E-state index contributed by atoms with van der Waals surface area (Å²) in [7, 11) is 0. The van der Waals surface area contributed by atoms with Gasteiger partial charge in [-0.25, -0.2) is 4.79 Å². The number of urea groups is 1. The summed E-state index contributed by atoms with van der Waals surface area (Å²) in [4.78, 5) is 10.7. The number of benzene rings is 1. The van der Waals surface area contributed by atoms with Gasteiger partial charge in [0, 0.05) is 6.42 Å². The van der Waals surface area contributed by atoms with E-state index < -0.39 is 12.3 Å². The number of amides is 2. The Morgan fingerprint density at radius 1 is 1.56 bits per heavy atom. The van der Waals surface area contributed by atoms with Crippen LogP contribution in [0.2, 0.25) is 5.02 Å². The topological polar surface area (TPSA) is 122 Å². The van der Waals surface area contributed by atoms with E-state index in [9.17, 15) is 9.90 Å². The number of phenolic OH excluding ortho intramolecular Hbond substituents is 1. The summed E-state index contributed by atoms with van der Waals surface area (Å²) < 4.78 is 0. The molecule has 0 aliphatic rings. The summed E-state index contributed by atoms with van der Waals surface area (Å²) >= 11 is 5.78. The van der Waals surface area contributed by atoms with Gasteiger partial charge in [0.1, 0.15) is 17.0 Å². The van der Waals surface area contributed by atoms with Gasteiger partial charge in [-0.3, -0.25) is 0 Å². The Kier molecular flexibility index (Phi) is 3.94. The fraction of sp³-hybridized carbons (Fsp3) is 0.222. The number of hydrogen-bond acceptors (Lipinski definition) is 4. The lowest BCUT2D eigenvalue weighted by atomic mass is 10.1. The first-order chi connectivity index (χ1) is 7.41. The van der Waals surface area contributed by atoms with Crippen molar-refractivity contribution in [1.82, 2.24) is 0 Å². The second-order valence-corrected chi connectivity index (χ2v) is 3.57. The van der Waals surface area contributed by atoms with E-state index in [1.807, 2.05) is 0 Å². The molecule has 1 aromatic carbocycles. The Labute approximate surface area is 96.8 Å². The summed E-state index contributed by atoms with van der Waals surface area (Å²) in [6.45, 7) is 0. The first-order valence-electron chi connectivity index (χ1n) is 4.42. The van der Waals surface area contributed by atoms with Gasteiger partial charge in [0.05, 0.1) is 5.69 Å². The number of halogens is 1. The van der Waals surface area contributed by atoms with Gasteiger partial charge in [-0.2, -0.15) is 0 Å². The molecule has 0 heterocycles. The van der Waals surface area contributed by atoms with Gasteiger partial charge < -0.3 is 27.0 Å². The van der Waals surface area contributed by atoms with Gasteiger partial charge >= 0.3 is 6.03 Å². The van der Waals surface area contributed by atoms with E-state index in [0.29, 0.717) is 5.56 Å². The molecule has 6 nitrogen and oxygen atoms in total. The Balaban J connectivity index is 3.15. The van der Waals surface area contributed by atoms with Gasteiger partial charge in [0.2, 0.25) is 0 Å². The lowest BCUT2D eigenvalue weighted by Gasteiger charge is -2.13. The minimum absolute atomic E-state index is 0.0445. The zero-order valence-electron chi connectivity index (χ0n) is 8.27. The molecule has 0 aliphatic carbocycles. The second kappa shape index (κ2) is 5.02. The van der Waals surface area contributed by atoms with Crippen LogP contribution >= 0.6 is 11.6 Å². The molecule has 0 spiro atoms. The van der Waals surface area contributed by atoms with E-state index in [1.54, 1.807) is 0 Å². The SMILES string of the molecule is NC(=O)Nc1c(CC(N)O)ccc(O)c1Cl. The number of aliphatic hydroxyl groups is 1. The molecule has 1 aromatic rings. The molecule has 7 heteroatoms. The average Bonchev–Trinajstić information content (AvgIpc) is 2.16. The number of nitrogens with two attached hydrogens (primary N) is 2. The van der Waals surface area contributed by atoms with Crippen LogP contribution in [0, 0.1) is 0 Å². The molecule has 1 rings (SSSR count). The molecule has 0 aliphatic heterocycles. The first kappa shape index (κ1) is 12.6. The van der Waals surface area contributed by atoms with E-state index in [0.717, 1.165) is 0 Å². The zero-order valence-corrected chi connectivity index (χ0v) is 9.03. The monoisotopic (exact) mass is 245 g/mol. The van der Waals surface area contributed by atoms with Crippen molar-refractivity contribution in [3.63, 3.8) is 0 Å². The van der Waals surface area contributed by atoms with Crippen LogP contribution in [0.1, 0.15) is 5.56 Å². The number of carbonyl (C=O) groups is 1. The normalized spacial score (nSPS) is 12.2. The Morgan fingerprint density at radius 3 is 2.69 bits per heavy atom. The predicted octanol–water partition coefficient (Wildman–Crippen LogP) is 0.356. The highest BCUT2D eigenvalue weighted by Gasteiger charge is 2.14. The first-order valence-corrected chi connectivity index (χ1v) is 4.80. The summed E-state index contributed by atoms with van der Waals surface area (Å²) in [6, 6.07) is 2.01. The van der Waals surface area contributed by atoms with Crippen LogP contribution in [0.5, 0.6) is 5.75 Å². The molecule has 0 aromatic heterocycles. The third kappa shape index (κ3) is 2.99. The van der Waals surface area contributed by atoms with E-state index in [2.05, 4.69) is 5.32 Å². The van der Waals surface area contributed by atoms with Gasteiger partial charge in [0.15, 0.2) is 0 Å². The molecule has 7 N–H and O–H groups in total. The van der Waals surface area contributed by atoms with Crippen molar-refractivity contribution >= 4 is 23.3 Å². The third-order valence-corrected chi connectivity index (χ3v) is 2.27. The van der Waals surface area contributed by atoms with E-state index in [4.69, 9.17) is 28.2 Å². The molecule has 0 radical (unpaired) electrons. The number of rotatable bonds is 3. The van der Waals surface area contributed by atoms with Crippen LogP contribution in [-0.4, -0.2) is 22.5 Å². The molecule has 0 saturated heterocycles. The maximum atomic E-state index is 10.7. The Bertz CT molecular complexity index is 409. The molecule has 0 bridgehead atoms. The number of hydrogen-bond donors (Lipinski definition) is 5. The highest BCUT2D eigenvalue weighted by molar-refractivity contribution is 6.35. The standard InChI is InChI=1S/C9H12ClN3O3/c10-7-5(14)2-1-4(3-6(11)15)8(7)13-9(12)16/h1-2,6,14-15H,3,11H2,(H3,12,13,16). The highest BCUT2D eigenvalue weighted by atomic mass is 35.5. The number of phenols is 1. The minimum atomic E-state index is -1.09. The quantitative estimate of drug-likeness (QED) is 0.494. The van der Waals surface area contributed by atoms with Crippen molar-refractivity contribution in [3.05, 3.63) is 22.7 Å². The highest BCUT2D eigenvalue weighted by Crippen LogP contribution is 2.34. The summed E-state index contributed by atoms with van der Waals surface area (Å²) in [5, 5.41) is 20.6. The molecule has 1 unspecified atom stereocenters. The van der Waals surface area contributed by atoms with Crippen molar-refractivity contribution in [3.8, 4) is 5.75 Å². The van der Waals surface area contributed by atoms with E-state index >= 15 is 0 Å². The average molecular weight is 246 g/mol. The lowest BCUT2D eigenvalue weighted by Crippen LogP contribution is -2.24. The fourth-order valence-corrected chi connectivity index (χ4v) is 1.49. The van der Waals surface area contributed by atoms with Gasteiger partial charge in [-0.15, -0.1) is 0 Å². The molecule has 1 atom stereocenters. The van der Waals surface area contributed by atoms with Crippen molar-refractivity contribution in [1.29, 1.82) is 0 Å². The smallest absolute Gasteiger partial charge is 0.316 e. The molecule has 2 amide bonds. The molecule has 88 valence electrons. The number of primary amides is 1. The fourth-order valence-electron chi connectivity index (χ4n) is 1.26. The largest absolute Gasteiger partial charge is 0.506 e. The number of nitrogens with one attached hydrogen (secondary N) is 1. The summed E-state index contributed by atoms with van der Waals surface area (Å²) in [5.74, 6) is -0.194. The maximum Gasteiger partial charge on any atom is 0.316 e. The van der Waals surface area contributed by atoms with E-state index in [-0.39, 0.29) is 22.9 Å². The Morgan fingerprint density at radius 2 is 2.19 bits per heavy atom. The van der Waals surface area contributed by atoms with E-state index in [1.165, 1.54) is 12.1 Å². The number of carbonyl (C=O) groups excluding carboxylic acids is 1. The summed E-state index contributed by atoms with van der Waals surface area (Å²) in [5.41, 5.74) is 10.8. The third-order valence-electron chi connectivity index (χ3n) is 1.89. The maximum absolute atomic E-state index is 10.7. The number of aliphatic hydroxyl groups excluding tert-OH is 1. The van der Waals surface area contributed by atoms with Gasteiger partial charge in [-0.05, 0) is 11.6 Å². The van der Waals surface area contributed by atoms with Crippen LogP contribution < -0.4 is 16.8 Å². The van der Waals surface area contributed by atoms with Crippen molar-refractivity contribution in [2.24, 2.45) is 11.5 Å². The van der Waals surface area contributed by atoms with Gasteiger partial charge in [-0.1, -0.05) is 17.7 Å². The summed E-state index contributed by atoms with van der Waals surface area (Å²) in [6.07, 6.45) is -1.01. The molecular weight excluding hydrogens is 234 g/mol. The van der Waals surface area contributed by atoms with Gasteiger partial charge in [0.25, 0.3) is 0 Å².